The number of halogens is 1. The average Bonchev–Trinajstić information content (AvgIpc) is 2.65. The molecule has 0 aliphatic carbocycles. The average molecular weight is 454 g/mol. The molecule has 1 N–H and O–H groups in total. The molecule has 0 fully saturated rings. The number of likely N-dealkylation sites (N-methyl/N-ethyl adjacent to an activating group) is 1. The Morgan fingerprint density at radius 3 is 2.33 bits per heavy atom. The van der Waals surface area contributed by atoms with E-state index in [1.807, 2.05) is 25.9 Å². The van der Waals surface area contributed by atoms with E-state index in [0.29, 0.717) is 25.2 Å². The lowest BCUT2D eigenvalue weighted by Gasteiger charge is -2.24. The quantitative estimate of drug-likeness (QED) is 0.588. The summed E-state index contributed by atoms with van der Waals surface area (Å²) in [6.07, 6.45) is 0. The van der Waals surface area contributed by atoms with Gasteiger partial charge in [0.05, 0.1) is 5.02 Å². The second-order valence-corrected chi connectivity index (χ2v) is 9.02. The number of aryl methyl sites for hydroxylation is 1. The van der Waals surface area contributed by atoms with Crippen LogP contribution >= 0.6 is 11.6 Å². The molecule has 2 amide bonds. The largest absolute Gasteiger partial charge is 0.379 e. The third-order valence-corrected chi connectivity index (χ3v) is 6.23. The van der Waals surface area contributed by atoms with Gasteiger partial charge in [-0.05, 0) is 57.3 Å². The van der Waals surface area contributed by atoms with E-state index in [-0.39, 0.29) is 21.7 Å². The molecule has 0 saturated carbocycles. The van der Waals surface area contributed by atoms with Crippen LogP contribution in [0.15, 0.2) is 47.4 Å². The Bertz CT molecular complexity index is 942. The normalized spacial score (nSPS) is 11.4. The molecule has 0 atom stereocenters. The van der Waals surface area contributed by atoms with Crippen molar-refractivity contribution >= 4 is 27.8 Å². The minimum absolute atomic E-state index is 0.0400. The number of carbonyl (C=O) groups excluding carboxylic acids is 1. The minimum atomic E-state index is -4.06. The topological polar surface area (TPSA) is 79.0 Å². The van der Waals surface area contributed by atoms with Gasteiger partial charge < -0.3 is 19.3 Å². The van der Waals surface area contributed by atoms with Gasteiger partial charge in [-0.1, -0.05) is 35.9 Å². The first-order valence-corrected chi connectivity index (χ1v) is 11.4. The lowest BCUT2D eigenvalue weighted by atomic mass is 10.2. The maximum atomic E-state index is 12.6. The molecule has 0 spiro atoms. The van der Waals surface area contributed by atoms with Gasteiger partial charge in [0.25, 0.3) is 0 Å². The molecule has 2 rings (SSSR count). The molecule has 7 nitrogen and oxygen atoms in total. The summed E-state index contributed by atoms with van der Waals surface area (Å²) in [4.78, 5) is 16.0. The Hall–Kier alpha value is -2.29. The van der Waals surface area contributed by atoms with E-state index in [2.05, 4.69) is 5.32 Å². The maximum Gasteiger partial charge on any atom is 0.340 e. The number of hydrogen-bond acceptors (Lipinski definition) is 5. The van der Waals surface area contributed by atoms with Crippen LogP contribution < -0.4 is 9.50 Å². The van der Waals surface area contributed by atoms with Gasteiger partial charge in [-0.25, -0.2) is 4.79 Å². The Labute approximate surface area is 183 Å². The molecule has 9 heteroatoms. The van der Waals surface area contributed by atoms with Crippen LogP contribution in [0.2, 0.25) is 5.02 Å². The van der Waals surface area contributed by atoms with Crippen molar-refractivity contribution < 1.29 is 17.4 Å². The number of rotatable bonds is 9. The van der Waals surface area contributed by atoms with E-state index < -0.39 is 10.1 Å². The van der Waals surface area contributed by atoms with Gasteiger partial charge in [0.15, 0.2) is 0 Å². The van der Waals surface area contributed by atoms with E-state index >= 15 is 0 Å². The first kappa shape index (κ1) is 24.0. The van der Waals surface area contributed by atoms with Gasteiger partial charge in [0.1, 0.15) is 10.6 Å². The molecule has 0 radical (unpaired) electrons. The standard InChI is InChI=1S/C21H28ClN3O4S/c1-5-23-21(26)25(14-13-24(3)4)15-17-9-11-18(12-10-17)29-30(27,28)20-16(2)7-6-8-19(20)22/h6-12H,5,13-15H2,1-4H3,(H,23,26). The van der Waals surface area contributed by atoms with E-state index in [4.69, 9.17) is 15.8 Å². The number of urea groups is 1. The fourth-order valence-corrected chi connectivity index (χ4v) is 4.53. The highest BCUT2D eigenvalue weighted by Crippen LogP contribution is 2.28. The van der Waals surface area contributed by atoms with Crippen LogP contribution in [0.5, 0.6) is 5.75 Å². The molecule has 0 bridgehead atoms. The molecule has 0 heterocycles. The van der Waals surface area contributed by atoms with Crippen LogP contribution in [0.1, 0.15) is 18.1 Å². The van der Waals surface area contributed by atoms with Crippen LogP contribution in [0.3, 0.4) is 0 Å². The number of carbonyl (C=O) groups is 1. The summed E-state index contributed by atoms with van der Waals surface area (Å²) in [6.45, 7) is 5.77. The summed E-state index contributed by atoms with van der Waals surface area (Å²) in [5.74, 6) is 0.177. The third-order valence-electron chi connectivity index (χ3n) is 4.35. The number of nitrogens with one attached hydrogen (secondary N) is 1. The molecule has 0 aromatic heterocycles. The van der Waals surface area contributed by atoms with Crippen LogP contribution in [-0.2, 0) is 16.7 Å². The summed E-state index contributed by atoms with van der Waals surface area (Å²) >= 11 is 6.06. The van der Waals surface area contributed by atoms with Crippen LogP contribution in [0.4, 0.5) is 4.79 Å². The molecule has 0 saturated heterocycles. The first-order chi connectivity index (χ1) is 14.1. The van der Waals surface area contributed by atoms with Gasteiger partial charge in [-0.2, -0.15) is 8.42 Å². The lowest BCUT2D eigenvalue weighted by molar-refractivity contribution is 0.189. The molecule has 30 heavy (non-hydrogen) atoms. The van der Waals surface area contributed by atoms with Crippen molar-refractivity contribution in [2.75, 3.05) is 33.7 Å². The Morgan fingerprint density at radius 1 is 1.10 bits per heavy atom. The second kappa shape index (κ2) is 10.7. The molecule has 0 aliphatic heterocycles. The zero-order valence-electron chi connectivity index (χ0n) is 17.7. The van der Waals surface area contributed by atoms with E-state index in [1.54, 1.807) is 48.2 Å². The molecule has 0 unspecified atom stereocenters. The number of nitrogens with zero attached hydrogens (tertiary/aromatic N) is 2. The fourth-order valence-electron chi connectivity index (χ4n) is 2.81. The second-order valence-electron chi connectivity index (χ2n) is 7.13. The highest BCUT2D eigenvalue weighted by Gasteiger charge is 2.23. The van der Waals surface area contributed by atoms with E-state index in [0.717, 1.165) is 12.1 Å². The van der Waals surface area contributed by atoms with Crippen molar-refractivity contribution in [3.05, 3.63) is 58.6 Å². The lowest BCUT2D eigenvalue weighted by Crippen LogP contribution is -2.42. The Kier molecular flexibility index (Phi) is 8.52. The highest BCUT2D eigenvalue weighted by molar-refractivity contribution is 7.87. The Balaban J connectivity index is 2.14. The van der Waals surface area contributed by atoms with Gasteiger partial charge in [0, 0.05) is 26.2 Å². The predicted octanol–water partition coefficient (Wildman–Crippen LogP) is 3.51. The van der Waals surface area contributed by atoms with Crippen molar-refractivity contribution in [2.45, 2.75) is 25.3 Å². The molecule has 2 aromatic rings. The van der Waals surface area contributed by atoms with Crippen molar-refractivity contribution in [1.82, 2.24) is 15.1 Å². The molecule has 164 valence electrons. The highest BCUT2D eigenvalue weighted by atomic mass is 35.5. The summed E-state index contributed by atoms with van der Waals surface area (Å²) in [5, 5.41) is 2.93. The van der Waals surface area contributed by atoms with Crippen molar-refractivity contribution in [2.24, 2.45) is 0 Å². The van der Waals surface area contributed by atoms with Crippen molar-refractivity contribution in [1.29, 1.82) is 0 Å². The zero-order valence-corrected chi connectivity index (χ0v) is 19.3. The zero-order chi connectivity index (χ0) is 22.3. The first-order valence-electron chi connectivity index (χ1n) is 9.60. The van der Waals surface area contributed by atoms with E-state index in [9.17, 15) is 13.2 Å². The monoisotopic (exact) mass is 453 g/mol. The van der Waals surface area contributed by atoms with Gasteiger partial charge in [-0.15, -0.1) is 0 Å². The van der Waals surface area contributed by atoms with Crippen LogP contribution in [-0.4, -0.2) is 58.0 Å². The summed E-state index contributed by atoms with van der Waals surface area (Å²) in [5.41, 5.74) is 1.37. The third kappa shape index (κ3) is 6.62. The van der Waals surface area contributed by atoms with Crippen LogP contribution in [0, 0.1) is 6.92 Å². The van der Waals surface area contributed by atoms with Gasteiger partial charge in [-0.3, -0.25) is 0 Å². The molecule has 2 aromatic carbocycles. The summed E-state index contributed by atoms with van der Waals surface area (Å²) in [6, 6.07) is 11.3. The van der Waals surface area contributed by atoms with E-state index in [1.165, 1.54) is 6.07 Å². The Morgan fingerprint density at radius 2 is 1.77 bits per heavy atom. The number of hydrogen-bond donors (Lipinski definition) is 1. The molecular formula is C21H28ClN3O4S. The predicted molar refractivity (Wildman–Crippen MR) is 118 cm³/mol. The van der Waals surface area contributed by atoms with Gasteiger partial charge >= 0.3 is 16.1 Å². The number of benzene rings is 2. The maximum absolute atomic E-state index is 12.6. The molecule has 0 aliphatic rings. The van der Waals surface area contributed by atoms with Gasteiger partial charge in [0.2, 0.25) is 0 Å². The summed E-state index contributed by atoms with van der Waals surface area (Å²) in [7, 11) is -0.166. The molecular weight excluding hydrogens is 426 g/mol. The smallest absolute Gasteiger partial charge is 0.340 e. The van der Waals surface area contributed by atoms with Crippen molar-refractivity contribution in [3.63, 3.8) is 0 Å². The number of amides is 2. The fraction of sp³-hybridized carbons (Fsp3) is 0.381. The summed E-state index contributed by atoms with van der Waals surface area (Å²) < 4.78 is 30.6. The minimum Gasteiger partial charge on any atom is -0.379 e. The van der Waals surface area contributed by atoms with Crippen LogP contribution in [0.25, 0.3) is 0 Å². The SMILES string of the molecule is CCNC(=O)N(CCN(C)C)Cc1ccc(OS(=O)(=O)c2c(C)cccc2Cl)cc1. The van der Waals surface area contributed by atoms with Crippen molar-refractivity contribution in [3.8, 4) is 5.75 Å².